The highest BCUT2D eigenvalue weighted by atomic mass is 16.5. The fourth-order valence-corrected chi connectivity index (χ4v) is 4.67. The van der Waals surface area contributed by atoms with Crippen LogP contribution in [0.5, 0.6) is 0 Å². The van der Waals surface area contributed by atoms with Crippen LogP contribution >= 0.6 is 0 Å². The molecule has 28 heavy (non-hydrogen) atoms. The number of hydrogen-bond acceptors (Lipinski definition) is 4. The molecule has 0 unspecified atom stereocenters. The second-order valence-electron chi connectivity index (χ2n) is 8.21. The summed E-state index contributed by atoms with van der Waals surface area (Å²) in [5, 5.41) is 9.80. The van der Waals surface area contributed by atoms with Gasteiger partial charge in [0.1, 0.15) is 6.10 Å². The summed E-state index contributed by atoms with van der Waals surface area (Å²) in [6.45, 7) is 2.22. The second kappa shape index (κ2) is 8.62. The van der Waals surface area contributed by atoms with E-state index in [-0.39, 0.29) is 36.3 Å². The predicted molar refractivity (Wildman–Crippen MR) is 104 cm³/mol. The Bertz CT molecular complexity index is 683. The molecule has 0 spiro atoms. The van der Waals surface area contributed by atoms with Gasteiger partial charge in [0.2, 0.25) is 11.8 Å². The minimum atomic E-state index is -0.402. The molecule has 4 rings (SSSR count). The van der Waals surface area contributed by atoms with E-state index >= 15 is 0 Å². The molecule has 1 aromatic rings. The van der Waals surface area contributed by atoms with Gasteiger partial charge in [-0.2, -0.15) is 0 Å². The Balaban J connectivity index is 1.43. The van der Waals surface area contributed by atoms with Gasteiger partial charge in [-0.25, -0.2) is 0 Å². The van der Waals surface area contributed by atoms with E-state index in [1.165, 1.54) is 0 Å². The summed E-state index contributed by atoms with van der Waals surface area (Å²) in [6.07, 6.45) is 4.25. The van der Waals surface area contributed by atoms with Gasteiger partial charge in [-0.3, -0.25) is 9.59 Å². The number of piperidine rings is 1. The SMILES string of the molecule is O=C(C1CCC1)N1CCC(C(=O)N2CCO[C@H](CO)[C@H]2c2ccccc2)CC1. The molecule has 1 aliphatic carbocycles. The number of hydrogen-bond donors (Lipinski definition) is 1. The van der Waals surface area contributed by atoms with Gasteiger partial charge >= 0.3 is 0 Å². The maximum atomic E-state index is 13.4. The number of morpholine rings is 1. The molecule has 6 nitrogen and oxygen atoms in total. The number of carbonyl (C=O) groups excluding carboxylic acids is 2. The van der Waals surface area contributed by atoms with Gasteiger partial charge in [0.05, 0.1) is 19.3 Å². The Hall–Kier alpha value is -1.92. The first kappa shape index (κ1) is 19.4. The molecule has 0 radical (unpaired) electrons. The Kier molecular flexibility index (Phi) is 5.97. The summed E-state index contributed by atoms with van der Waals surface area (Å²) in [7, 11) is 0. The number of ether oxygens (including phenoxy) is 1. The molecule has 3 aliphatic rings. The van der Waals surface area contributed by atoms with Crippen LogP contribution in [-0.2, 0) is 14.3 Å². The van der Waals surface area contributed by atoms with Crippen molar-refractivity contribution in [2.75, 3.05) is 32.8 Å². The van der Waals surface area contributed by atoms with Crippen molar-refractivity contribution in [2.24, 2.45) is 11.8 Å². The number of benzene rings is 1. The van der Waals surface area contributed by atoms with Gasteiger partial charge in [-0.1, -0.05) is 36.8 Å². The summed E-state index contributed by atoms with van der Waals surface area (Å²) in [4.78, 5) is 29.7. The third-order valence-electron chi connectivity index (χ3n) is 6.57. The van der Waals surface area contributed by atoms with Crippen LogP contribution in [0.15, 0.2) is 30.3 Å². The first-order valence-electron chi connectivity index (χ1n) is 10.6. The lowest BCUT2D eigenvalue weighted by Crippen LogP contribution is -2.53. The molecule has 3 fully saturated rings. The highest BCUT2D eigenvalue weighted by molar-refractivity contribution is 5.82. The molecule has 0 bridgehead atoms. The third kappa shape index (κ3) is 3.80. The van der Waals surface area contributed by atoms with Crippen LogP contribution in [0.4, 0.5) is 0 Å². The molecule has 1 aromatic carbocycles. The zero-order valence-corrected chi connectivity index (χ0v) is 16.3. The largest absolute Gasteiger partial charge is 0.394 e. The summed E-state index contributed by atoms with van der Waals surface area (Å²) >= 11 is 0. The second-order valence-corrected chi connectivity index (χ2v) is 8.21. The topological polar surface area (TPSA) is 70.1 Å². The van der Waals surface area contributed by atoms with E-state index in [1.54, 1.807) is 0 Å². The van der Waals surface area contributed by atoms with Crippen LogP contribution < -0.4 is 0 Å². The molecule has 1 saturated carbocycles. The Morgan fingerprint density at radius 2 is 1.64 bits per heavy atom. The van der Waals surface area contributed by atoms with Crippen LogP contribution in [0, 0.1) is 11.8 Å². The fourth-order valence-electron chi connectivity index (χ4n) is 4.67. The van der Waals surface area contributed by atoms with Crippen LogP contribution in [0.25, 0.3) is 0 Å². The quantitative estimate of drug-likeness (QED) is 0.859. The Morgan fingerprint density at radius 1 is 0.964 bits per heavy atom. The zero-order valence-electron chi connectivity index (χ0n) is 16.3. The van der Waals surface area contributed by atoms with Crippen molar-refractivity contribution in [2.45, 2.75) is 44.2 Å². The lowest BCUT2D eigenvalue weighted by molar-refractivity contribution is -0.157. The molecule has 2 atom stereocenters. The monoisotopic (exact) mass is 386 g/mol. The van der Waals surface area contributed by atoms with E-state index in [2.05, 4.69) is 0 Å². The van der Waals surface area contributed by atoms with Crippen molar-refractivity contribution in [3.8, 4) is 0 Å². The van der Waals surface area contributed by atoms with Crippen LogP contribution in [0.2, 0.25) is 0 Å². The van der Waals surface area contributed by atoms with Crippen molar-refractivity contribution < 1.29 is 19.4 Å². The molecule has 2 amide bonds. The molecule has 0 aromatic heterocycles. The smallest absolute Gasteiger partial charge is 0.226 e. The summed E-state index contributed by atoms with van der Waals surface area (Å²) in [6, 6.07) is 9.56. The van der Waals surface area contributed by atoms with Crippen molar-refractivity contribution in [3.05, 3.63) is 35.9 Å². The van der Waals surface area contributed by atoms with Gasteiger partial charge in [0, 0.05) is 31.5 Å². The first-order chi connectivity index (χ1) is 13.7. The molecule has 2 aliphatic heterocycles. The summed E-state index contributed by atoms with van der Waals surface area (Å²) in [5.41, 5.74) is 0.993. The Labute approximate surface area is 166 Å². The van der Waals surface area contributed by atoms with Crippen LogP contribution in [0.1, 0.15) is 43.7 Å². The highest BCUT2D eigenvalue weighted by Crippen LogP contribution is 2.34. The number of amides is 2. The van der Waals surface area contributed by atoms with Gasteiger partial charge in [-0.15, -0.1) is 0 Å². The van der Waals surface area contributed by atoms with Gasteiger partial charge in [0.15, 0.2) is 0 Å². The first-order valence-corrected chi connectivity index (χ1v) is 10.6. The average Bonchev–Trinajstić information content (AvgIpc) is 2.72. The normalized spacial score (nSPS) is 26.8. The van der Waals surface area contributed by atoms with Crippen molar-refractivity contribution in [3.63, 3.8) is 0 Å². The number of likely N-dealkylation sites (tertiary alicyclic amines) is 1. The van der Waals surface area contributed by atoms with E-state index in [4.69, 9.17) is 4.74 Å². The summed E-state index contributed by atoms with van der Waals surface area (Å²) < 4.78 is 5.76. The molecule has 1 N–H and O–H groups in total. The van der Waals surface area contributed by atoms with Gasteiger partial charge in [-0.05, 0) is 31.2 Å². The molecular weight excluding hydrogens is 356 g/mol. The van der Waals surface area contributed by atoms with E-state index in [0.717, 1.165) is 37.7 Å². The highest BCUT2D eigenvalue weighted by Gasteiger charge is 2.40. The molecule has 6 heteroatoms. The van der Waals surface area contributed by atoms with Crippen LogP contribution in [-0.4, -0.2) is 65.7 Å². The van der Waals surface area contributed by atoms with Gasteiger partial charge < -0.3 is 19.6 Å². The minimum Gasteiger partial charge on any atom is -0.394 e. The molecule has 152 valence electrons. The lowest BCUT2D eigenvalue weighted by atomic mass is 9.83. The Morgan fingerprint density at radius 3 is 2.25 bits per heavy atom. The maximum Gasteiger partial charge on any atom is 0.226 e. The van der Waals surface area contributed by atoms with E-state index < -0.39 is 6.10 Å². The zero-order chi connectivity index (χ0) is 19.5. The van der Waals surface area contributed by atoms with Crippen molar-refractivity contribution in [1.29, 1.82) is 0 Å². The third-order valence-corrected chi connectivity index (χ3v) is 6.57. The molecule has 2 heterocycles. The number of aliphatic hydroxyl groups is 1. The number of carbonyl (C=O) groups is 2. The van der Waals surface area contributed by atoms with E-state index in [1.807, 2.05) is 40.1 Å². The average molecular weight is 386 g/mol. The lowest BCUT2D eigenvalue weighted by Gasteiger charge is -2.43. The number of nitrogens with zero attached hydrogens (tertiary/aromatic N) is 2. The van der Waals surface area contributed by atoms with Crippen molar-refractivity contribution >= 4 is 11.8 Å². The van der Waals surface area contributed by atoms with Gasteiger partial charge in [0.25, 0.3) is 0 Å². The number of rotatable bonds is 4. The minimum absolute atomic E-state index is 0.0610. The summed E-state index contributed by atoms with van der Waals surface area (Å²) in [5.74, 6) is 0.575. The standard InChI is InChI=1S/C22H30N2O4/c25-15-19-20(16-5-2-1-3-6-16)24(13-14-28-19)22(27)18-9-11-23(12-10-18)21(26)17-7-4-8-17/h1-3,5-6,17-20,25H,4,7-15H2/t19-,20-/m1/s1. The van der Waals surface area contributed by atoms with Crippen molar-refractivity contribution in [1.82, 2.24) is 9.80 Å². The molecule has 2 saturated heterocycles. The van der Waals surface area contributed by atoms with Crippen LogP contribution in [0.3, 0.4) is 0 Å². The van der Waals surface area contributed by atoms with E-state index in [9.17, 15) is 14.7 Å². The fraction of sp³-hybridized carbons (Fsp3) is 0.636. The van der Waals surface area contributed by atoms with E-state index in [0.29, 0.717) is 26.2 Å². The predicted octanol–water partition coefficient (Wildman–Crippen LogP) is 1.99. The maximum absolute atomic E-state index is 13.4. The number of aliphatic hydroxyl groups excluding tert-OH is 1. The molecular formula is C22H30N2O4.